The lowest BCUT2D eigenvalue weighted by Gasteiger charge is -2.35. The molecule has 1 saturated heterocycles. The Morgan fingerprint density at radius 1 is 1.25 bits per heavy atom. The van der Waals surface area contributed by atoms with Crippen LogP contribution in [0.2, 0.25) is 0 Å². The highest BCUT2D eigenvalue weighted by Crippen LogP contribution is 2.29. The minimum absolute atomic E-state index is 0.153. The SMILES string of the molecule is CCNC(=NCC1(OC)CCOCC1)N(C)CC1CCC(C)CC1. The van der Waals surface area contributed by atoms with Crippen molar-refractivity contribution in [3.05, 3.63) is 0 Å². The second kappa shape index (κ2) is 9.62. The fourth-order valence-corrected chi connectivity index (χ4v) is 3.84. The van der Waals surface area contributed by atoms with E-state index < -0.39 is 0 Å². The Kier molecular flexibility index (Phi) is 7.82. The zero-order valence-electron chi connectivity index (χ0n) is 16.1. The van der Waals surface area contributed by atoms with Gasteiger partial charge in [-0.05, 0) is 31.6 Å². The van der Waals surface area contributed by atoms with E-state index in [2.05, 4.69) is 31.1 Å². The summed E-state index contributed by atoms with van der Waals surface area (Å²) in [6.07, 6.45) is 7.31. The molecule has 0 bridgehead atoms. The van der Waals surface area contributed by atoms with Gasteiger partial charge in [-0.1, -0.05) is 19.8 Å². The maximum atomic E-state index is 5.82. The molecule has 2 fully saturated rings. The molecule has 1 saturated carbocycles. The van der Waals surface area contributed by atoms with Gasteiger partial charge in [0, 0.05) is 53.3 Å². The van der Waals surface area contributed by atoms with Crippen molar-refractivity contribution in [1.29, 1.82) is 0 Å². The summed E-state index contributed by atoms with van der Waals surface area (Å²) in [7, 11) is 3.98. The predicted octanol–water partition coefficient (Wildman–Crippen LogP) is 2.91. The molecule has 1 aliphatic carbocycles. The summed E-state index contributed by atoms with van der Waals surface area (Å²) in [4.78, 5) is 7.22. The van der Waals surface area contributed by atoms with Gasteiger partial charge in [-0.2, -0.15) is 0 Å². The Hall–Kier alpha value is -0.810. The third-order valence-electron chi connectivity index (χ3n) is 5.72. The molecule has 0 spiro atoms. The molecule has 1 aliphatic heterocycles. The topological polar surface area (TPSA) is 46.1 Å². The van der Waals surface area contributed by atoms with Gasteiger partial charge in [0.15, 0.2) is 5.96 Å². The average molecular weight is 340 g/mol. The first-order valence-electron chi connectivity index (χ1n) is 9.71. The summed E-state index contributed by atoms with van der Waals surface area (Å²) < 4.78 is 11.3. The van der Waals surface area contributed by atoms with E-state index >= 15 is 0 Å². The number of rotatable bonds is 6. The van der Waals surface area contributed by atoms with Gasteiger partial charge in [0.2, 0.25) is 0 Å². The molecule has 5 nitrogen and oxygen atoms in total. The van der Waals surface area contributed by atoms with Gasteiger partial charge in [0.05, 0.1) is 12.1 Å². The van der Waals surface area contributed by atoms with Crippen molar-refractivity contribution in [3.8, 4) is 0 Å². The fraction of sp³-hybridized carbons (Fsp3) is 0.947. The first kappa shape index (κ1) is 19.5. The lowest BCUT2D eigenvalue weighted by atomic mass is 9.83. The van der Waals surface area contributed by atoms with Gasteiger partial charge in [-0.25, -0.2) is 0 Å². The summed E-state index contributed by atoms with van der Waals surface area (Å²) in [5.74, 6) is 2.72. The third-order valence-corrected chi connectivity index (χ3v) is 5.72. The first-order valence-corrected chi connectivity index (χ1v) is 9.71. The van der Waals surface area contributed by atoms with E-state index in [-0.39, 0.29) is 5.60 Å². The molecule has 5 heteroatoms. The van der Waals surface area contributed by atoms with Crippen LogP contribution in [0.4, 0.5) is 0 Å². The molecule has 2 aliphatic rings. The van der Waals surface area contributed by atoms with Gasteiger partial charge in [-0.15, -0.1) is 0 Å². The zero-order chi connectivity index (χ0) is 17.4. The first-order chi connectivity index (χ1) is 11.6. The molecule has 0 aromatic rings. The molecule has 0 radical (unpaired) electrons. The molecule has 1 heterocycles. The number of nitrogens with one attached hydrogen (secondary N) is 1. The van der Waals surface area contributed by atoms with Crippen LogP contribution >= 0.6 is 0 Å². The number of aliphatic imine (C=N–C) groups is 1. The number of hydrogen-bond acceptors (Lipinski definition) is 3. The highest BCUT2D eigenvalue weighted by atomic mass is 16.5. The fourth-order valence-electron chi connectivity index (χ4n) is 3.84. The Labute approximate surface area is 148 Å². The van der Waals surface area contributed by atoms with Crippen LogP contribution in [0.15, 0.2) is 4.99 Å². The van der Waals surface area contributed by atoms with E-state index in [1.807, 2.05) is 0 Å². The van der Waals surface area contributed by atoms with E-state index in [9.17, 15) is 0 Å². The van der Waals surface area contributed by atoms with Crippen molar-refractivity contribution >= 4 is 5.96 Å². The molecule has 0 aromatic carbocycles. The van der Waals surface area contributed by atoms with Crippen molar-refractivity contribution < 1.29 is 9.47 Å². The smallest absolute Gasteiger partial charge is 0.193 e. The Morgan fingerprint density at radius 2 is 1.92 bits per heavy atom. The maximum Gasteiger partial charge on any atom is 0.193 e. The standard InChI is InChI=1S/C19H37N3O2/c1-5-20-18(21-15-19(23-4)10-12-24-13-11-19)22(3)14-17-8-6-16(2)7-9-17/h16-17H,5-15H2,1-4H3,(H,20,21). The number of methoxy groups -OCH3 is 1. The van der Waals surface area contributed by atoms with Crippen molar-refractivity contribution in [3.63, 3.8) is 0 Å². The van der Waals surface area contributed by atoms with Crippen LogP contribution in [0.25, 0.3) is 0 Å². The van der Waals surface area contributed by atoms with Crippen LogP contribution in [0.1, 0.15) is 52.4 Å². The van der Waals surface area contributed by atoms with E-state index in [1.54, 1.807) is 7.11 Å². The van der Waals surface area contributed by atoms with Crippen LogP contribution < -0.4 is 5.32 Å². The molecule has 0 atom stereocenters. The number of hydrogen-bond donors (Lipinski definition) is 1. The van der Waals surface area contributed by atoms with E-state index in [0.29, 0.717) is 6.54 Å². The van der Waals surface area contributed by atoms with Gasteiger partial charge in [0.25, 0.3) is 0 Å². The maximum absolute atomic E-state index is 5.82. The van der Waals surface area contributed by atoms with Gasteiger partial charge in [-0.3, -0.25) is 4.99 Å². The highest BCUT2D eigenvalue weighted by molar-refractivity contribution is 5.79. The van der Waals surface area contributed by atoms with E-state index in [4.69, 9.17) is 14.5 Å². The Bertz CT molecular complexity index is 386. The van der Waals surface area contributed by atoms with E-state index in [1.165, 1.54) is 25.7 Å². The molecule has 0 unspecified atom stereocenters. The molecule has 140 valence electrons. The lowest BCUT2D eigenvalue weighted by Crippen LogP contribution is -2.45. The van der Waals surface area contributed by atoms with Gasteiger partial charge < -0.3 is 19.7 Å². The summed E-state index contributed by atoms with van der Waals surface area (Å²) in [5, 5.41) is 3.45. The Balaban J connectivity index is 1.93. The number of nitrogens with zero attached hydrogens (tertiary/aromatic N) is 2. The second-order valence-electron chi connectivity index (χ2n) is 7.68. The Morgan fingerprint density at radius 3 is 2.50 bits per heavy atom. The summed E-state index contributed by atoms with van der Waals surface area (Å²) in [6, 6.07) is 0. The van der Waals surface area contributed by atoms with Crippen LogP contribution in [-0.2, 0) is 9.47 Å². The van der Waals surface area contributed by atoms with Crippen molar-refractivity contribution in [2.75, 3.05) is 47.0 Å². The van der Waals surface area contributed by atoms with Gasteiger partial charge >= 0.3 is 0 Å². The third kappa shape index (κ3) is 5.62. The predicted molar refractivity (Wildman–Crippen MR) is 99.5 cm³/mol. The van der Waals surface area contributed by atoms with Crippen molar-refractivity contribution in [2.24, 2.45) is 16.8 Å². The minimum atomic E-state index is -0.153. The van der Waals surface area contributed by atoms with Crippen LogP contribution in [0, 0.1) is 11.8 Å². The summed E-state index contributed by atoms with van der Waals surface area (Å²) in [5.41, 5.74) is -0.153. The molecular weight excluding hydrogens is 302 g/mol. The molecule has 0 aromatic heterocycles. The van der Waals surface area contributed by atoms with E-state index in [0.717, 1.165) is 56.9 Å². The van der Waals surface area contributed by atoms with Crippen LogP contribution in [0.5, 0.6) is 0 Å². The molecule has 2 rings (SSSR count). The van der Waals surface area contributed by atoms with Crippen molar-refractivity contribution in [1.82, 2.24) is 10.2 Å². The molecule has 24 heavy (non-hydrogen) atoms. The number of guanidine groups is 1. The largest absolute Gasteiger partial charge is 0.381 e. The second-order valence-corrected chi connectivity index (χ2v) is 7.68. The molecule has 0 amide bonds. The highest BCUT2D eigenvalue weighted by Gasteiger charge is 2.32. The van der Waals surface area contributed by atoms with Crippen LogP contribution in [-0.4, -0.2) is 63.5 Å². The molecule has 1 N–H and O–H groups in total. The quantitative estimate of drug-likeness (QED) is 0.597. The monoisotopic (exact) mass is 339 g/mol. The lowest BCUT2D eigenvalue weighted by molar-refractivity contribution is -0.0829. The number of ether oxygens (including phenoxy) is 2. The summed E-state index contributed by atoms with van der Waals surface area (Å²) >= 11 is 0. The van der Waals surface area contributed by atoms with Gasteiger partial charge in [0.1, 0.15) is 0 Å². The zero-order valence-corrected chi connectivity index (χ0v) is 16.1. The average Bonchev–Trinajstić information content (AvgIpc) is 2.61. The normalized spacial score (nSPS) is 27.8. The van der Waals surface area contributed by atoms with Crippen LogP contribution in [0.3, 0.4) is 0 Å². The summed E-state index contributed by atoms with van der Waals surface area (Å²) in [6.45, 7) is 8.76. The minimum Gasteiger partial charge on any atom is -0.381 e. The van der Waals surface area contributed by atoms with Crippen molar-refractivity contribution in [2.45, 2.75) is 58.0 Å². The molecular formula is C19H37N3O2.